The standard InChI is InChI=1S/C8H12N2/c1-6(2)8-7(3)5-10(4)9-8/h5H,1H2,2-4H3. The predicted octanol–water partition coefficient (Wildman–Crippen LogP) is 1.76. The minimum atomic E-state index is 1.02. The highest BCUT2D eigenvalue weighted by atomic mass is 15.2. The second-order valence-corrected chi connectivity index (χ2v) is 2.61. The summed E-state index contributed by atoms with van der Waals surface area (Å²) in [5.74, 6) is 0. The van der Waals surface area contributed by atoms with Gasteiger partial charge in [0, 0.05) is 13.2 Å². The molecule has 0 unspecified atom stereocenters. The molecule has 0 spiro atoms. The van der Waals surface area contributed by atoms with Crippen LogP contribution in [0.3, 0.4) is 0 Å². The smallest absolute Gasteiger partial charge is 0.0903 e. The molecule has 0 radical (unpaired) electrons. The second-order valence-electron chi connectivity index (χ2n) is 2.61. The Bertz CT molecular complexity index is 258. The van der Waals surface area contributed by atoms with Gasteiger partial charge in [0.1, 0.15) is 0 Å². The molecular formula is C8H12N2. The molecule has 0 bridgehead atoms. The first kappa shape index (κ1) is 7.06. The van der Waals surface area contributed by atoms with Crippen molar-refractivity contribution in [2.45, 2.75) is 13.8 Å². The van der Waals surface area contributed by atoms with Crippen LogP contribution in [0, 0.1) is 6.92 Å². The number of hydrogen-bond acceptors (Lipinski definition) is 1. The lowest BCUT2D eigenvalue weighted by Gasteiger charge is -1.91. The fourth-order valence-corrected chi connectivity index (χ4v) is 1.03. The summed E-state index contributed by atoms with van der Waals surface area (Å²) in [5, 5.41) is 4.23. The SMILES string of the molecule is C=C(C)c1nn(C)cc1C. The lowest BCUT2D eigenvalue weighted by Crippen LogP contribution is -1.88. The second kappa shape index (κ2) is 2.29. The molecule has 0 saturated heterocycles. The van der Waals surface area contributed by atoms with E-state index >= 15 is 0 Å². The Hall–Kier alpha value is -1.05. The van der Waals surface area contributed by atoms with Gasteiger partial charge >= 0.3 is 0 Å². The van der Waals surface area contributed by atoms with E-state index in [1.165, 1.54) is 5.56 Å². The van der Waals surface area contributed by atoms with E-state index in [-0.39, 0.29) is 0 Å². The van der Waals surface area contributed by atoms with Crippen LogP contribution in [0.25, 0.3) is 5.57 Å². The summed E-state index contributed by atoms with van der Waals surface area (Å²) in [6, 6.07) is 0. The van der Waals surface area contributed by atoms with Crippen molar-refractivity contribution in [3.8, 4) is 0 Å². The van der Waals surface area contributed by atoms with E-state index in [2.05, 4.69) is 11.7 Å². The average molecular weight is 136 g/mol. The molecule has 0 atom stereocenters. The lowest BCUT2D eigenvalue weighted by molar-refractivity contribution is 0.763. The summed E-state index contributed by atoms with van der Waals surface area (Å²) >= 11 is 0. The molecular weight excluding hydrogens is 124 g/mol. The fraction of sp³-hybridized carbons (Fsp3) is 0.375. The minimum Gasteiger partial charge on any atom is -0.275 e. The molecule has 0 fully saturated rings. The number of nitrogens with zero attached hydrogens (tertiary/aromatic N) is 2. The molecule has 10 heavy (non-hydrogen) atoms. The number of allylic oxidation sites excluding steroid dienone is 1. The van der Waals surface area contributed by atoms with E-state index < -0.39 is 0 Å². The first-order valence-corrected chi connectivity index (χ1v) is 3.27. The Morgan fingerprint density at radius 1 is 1.70 bits per heavy atom. The topological polar surface area (TPSA) is 17.8 Å². The van der Waals surface area contributed by atoms with Crippen LogP contribution in [0.15, 0.2) is 12.8 Å². The molecule has 0 amide bonds. The van der Waals surface area contributed by atoms with Gasteiger partial charge in [0.05, 0.1) is 5.69 Å². The van der Waals surface area contributed by atoms with Crippen molar-refractivity contribution in [3.05, 3.63) is 24.0 Å². The van der Waals surface area contributed by atoms with Gasteiger partial charge in [-0.05, 0) is 25.0 Å². The quantitative estimate of drug-likeness (QED) is 0.575. The molecule has 1 heterocycles. The lowest BCUT2D eigenvalue weighted by atomic mass is 10.2. The Morgan fingerprint density at radius 3 is 2.50 bits per heavy atom. The van der Waals surface area contributed by atoms with Crippen molar-refractivity contribution in [2.75, 3.05) is 0 Å². The molecule has 0 aliphatic carbocycles. The van der Waals surface area contributed by atoms with Crippen molar-refractivity contribution in [2.24, 2.45) is 7.05 Å². The van der Waals surface area contributed by atoms with E-state index in [4.69, 9.17) is 0 Å². The van der Waals surface area contributed by atoms with E-state index in [0.29, 0.717) is 0 Å². The van der Waals surface area contributed by atoms with Crippen LogP contribution in [-0.2, 0) is 7.05 Å². The maximum atomic E-state index is 4.23. The monoisotopic (exact) mass is 136 g/mol. The first-order chi connectivity index (χ1) is 4.61. The summed E-state index contributed by atoms with van der Waals surface area (Å²) < 4.78 is 1.80. The van der Waals surface area contributed by atoms with Gasteiger partial charge in [-0.3, -0.25) is 4.68 Å². The number of aryl methyl sites for hydroxylation is 2. The molecule has 1 aromatic rings. The van der Waals surface area contributed by atoms with E-state index in [1.54, 1.807) is 4.68 Å². The molecule has 0 N–H and O–H groups in total. The van der Waals surface area contributed by atoms with Crippen LogP contribution in [0.5, 0.6) is 0 Å². The van der Waals surface area contributed by atoms with Crippen molar-refractivity contribution < 1.29 is 0 Å². The van der Waals surface area contributed by atoms with Gasteiger partial charge in [0.25, 0.3) is 0 Å². The van der Waals surface area contributed by atoms with Gasteiger partial charge in [0.15, 0.2) is 0 Å². The molecule has 2 heteroatoms. The Balaban J connectivity index is 3.15. The highest BCUT2D eigenvalue weighted by Gasteiger charge is 2.01. The van der Waals surface area contributed by atoms with Crippen molar-refractivity contribution in [3.63, 3.8) is 0 Å². The highest BCUT2D eigenvalue weighted by molar-refractivity contribution is 5.60. The summed E-state index contributed by atoms with van der Waals surface area (Å²) in [5.41, 5.74) is 3.23. The Morgan fingerprint density at radius 2 is 2.30 bits per heavy atom. The van der Waals surface area contributed by atoms with E-state index in [9.17, 15) is 0 Å². The van der Waals surface area contributed by atoms with Crippen LogP contribution in [0.4, 0.5) is 0 Å². The van der Waals surface area contributed by atoms with Crippen LogP contribution in [0.1, 0.15) is 18.2 Å². The largest absolute Gasteiger partial charge is 0.275 e. The predicted molar refractivity (Wildman–Crippen MR) is 42.7 cm³/mol. The van der Waals surface area contributed by atoms with Crippen molar-refractivity contribution >= 4 is 5.57 Å². The van der Waals surface area contributed by atoms with Gasteiger partial charge in [-0.15, -0.1) is 0 Å². The zero-order valence-corrected chi connectivity index (χ0v) is 6.68. The molecule has 1 aromatic heterocycles. The first-order valence-electron chi connectivity index (χ1n) is 3.27. The van der Waals surface area contributed by atoms with Gasteiger partial charge in [0.2, 0.25) is 0 Å². The summed E-state index contributed by atoms with van der Waals surface area (Å²) in [6.45, 7) is 7.83. The third-order valence-corrected chi connectivity index (χ3v) is 1.42. The molecule has 0 saturated carbocycles. The molecule has 0 aliphatic rings. The van der Waals surface area contributed by atoms with E-state index in [1.807, 2.05) is 27.1 Å². The normalized spacial score (nSPS) is 9.90. The van der Waals surface area contributed by atoms with Crippen molar-refractivity contribution in [1.29, 1.82) is 0 Å². The molecule has 0 aliphatic heterocycles. The molecule has 2 nitrogen and oxygen atoms in total. The van der Waals surface area contributed by atoms with Gasteiger partial charge < -0.3 is 0 Å². The summed E-state index contributed by atoms with van der Waals surface area (Å²) in [4.78, 5) is 0. The highest BCUT2D eigenvalue weighted by Crippen LogP contribution is 2.12. The average Bonchev–Trinajstić information content (AvgIpc) is 2.10. The van der Waals surface area contributed by atoms with E-state index in [0.717, 1.165) is 11.3 Å². The maximum absolute atomic E-state index is 4.23. The van der Waals surface area contributed by atoms with Crippen molar-refractivity contribution in [1.82, 2.24) is 9.78 Å². The number of hydrogen-bond donors (Lipinski definition) is 0. The summed E-state index contributed by atoms with van der Waals surface area (Å²) in [6.07, 6.45) is 1.99. The van der Waals surface area contributed by atoms with Gasteiger partial charge in [-0.2, -0.15) is 5.10 Å². The zero-order valence-electron chi connectivity index (χ0n) is 6.68. The number of rotatable bonds is 1. The molecule has 54 valence electrons. The zero-order chi connectivity index (χ0) is 7.72. The third-order valence-electron chi connectivity index (χ3n) is 1.42. The minimum absolute atomic E-state index is 1.02. The fourth-order valence-electron chi connectivity index (χ4n) is 1.03. The molecule has 0 aromatic carbocycles. The Kier molecular flexibility index (Phi) is 1.62. The third kappa shape index (κ3) is 1.10. The van der Waals surface area contributed by atoms with Gasteiger partial charge in [-0.1, -0.05) is 6.58 Å². The Labute approximate surface area is 61.2 Å². The summed E-state index contributed by atoms with van der Waals surface area (Å²) in [7, 11) is 1.92. The van der Waals surface area contributed by atoms with Crippen LogP contribution >= 0.6 is 0 Å². The van der Waals surface area contributed by atoms with Crippen LogP contribution < -0.4 is 0 Å². The van der Waals surface area contributed by atoms with Gasteiger partial charge in [-0.25, -0.2) is 0 Å². The number of aromatic nitrogens is 2. The van der Waals surface area contributed by atoms with Crippen LogP contribution in [0.2, 0.25) is 0 Å². The maximum Gasteiger partial charge on any atom is 0.0903 e. The van der Waals surface area contributed by atoms with Crippen LogP contribution in [-0.4, -0.2) is 9.78 Å². The molecule has 1 rings (SSSR count).